The normalized spacial score (nSPS) is 16.6. The first-order valence-electron chi connectivity index (χ1n) is 6.96. The fraction of sp³-hybridized carbons (Fsp3) is 0.267. The second kappa shape index (κ2) is 6.90. The van der Waals surface area contributed by atoms with Crippen LogP contribution in [0.5, 0.6) is 0 Å². The average molecular weight is 368 g/mol. The number of anilines is 1. The molecule has 8 heteroatoms. The number of carbonyl (C=O) groups excluding carboxylic acids is 2. The van der Waals surface area contributed by atoms with Crippen LogP contribution in [0.3, 0.4) is 0 Å². The molecule has 1 unspecified atom stereocenters. The van der Waals surface area contributed by atoms with Gasteiger partial charge in [-0.05, 0) is 25.1 Å². The maximum absolute atomic E-state index is 12.1. The number of carbonyl (C=O) groups is 2. The highest BCUT2D eigenvalue weighted by molar-refractivity contribution is 8.01. The minimum absolute atomic E-state index is 0.127. The van der Waals surface area contributed by atoms with Gasteiger partial charge in [-0.1, -0.05) is 11.6 Å². The van der Waals surface area contributed by atoms with Gasteiger partial charge in [0.2, 0.25) is 11.8 Å². The van der Waals surface area contributed by atoms with E-state index in [1.54, 1.807) is 23.5 Å². The van der Waals surface area contributed by atoms with E-state index in [0.717, 1.165) is 15.6 Å². The summed E-state index contributed by atoms with van der Waals surface area (Å²) < 4.78 is 0. The minimum Gasteiger partial charge on any atom is -0.350 e. The summed E-state index contributed by atoms with van der Waals surface area (Å²) in [5.41, 5.74) is 1.53. The van der Waals surface area contributed by atoms with Crippen LogP contribution in [0.2, 0.25) is 5.02 Å². The van der Waals surface area contributed by atoms with Gasteiger partial charge in [0.05, 0.1) is 28.2 Å². The lowest BCUT2D eigenvalue weighted by molar-refractivity contribution is -0.124. The van der Waals surface area contributed by atoms with Gasteiger partial charge in [0.15, 0.2) is 0 Å². The Morgan fingerprint density at radius 2 is 2.30 bits per heavy atom. The highest BCUT2D eigenvalue weighted by atomic mass is 35.5. The van der Waals surface area contributed by atoms with Crippen LogP contribution in [0.25, 0.3) is 0 Å². The number of thioether (sulfide) groups is 1. The predicted octanol–water partition coefficient (Wildman–Crippen LogP) is 3.22. The van der Waals surface area contributed by atoms with Crippen molar-refractivity contribution >= 4 is 52.2 Å². The molecule has 3 rings (SSSR count). The van der Waals surface area contributed by atoms with Crippen LogP contribution in [0.1, 0.15) is 17.1 Å². The number of fused-ring (bicyclic) bond motifs is 1. The van der Waals surface area contributed by atoms with Gasteiger partial charge in [-0.3, -0.25) is 9.59 Å². The quantitative estimate of drug-likeness (QED) is 0.870. The summed E-state index contributed by atoms with van der Waals surface area (Å²) in [6.45, 7) is 2.30. The molecule has 0 saturated heterocycles. The molecule has 0 radical (unpaired) electrons. The molecule has 2 amide bonds. The fourth-order valence-electron chi connectivity index (χ4n) is 2.18. The highest BCUT2D eigenvalue weighted by Crippen LogP contribution is 2.38. The van der Waals surface area contributed by atoms with Crippen LogP contribution >= 0.6 is 34.7 Å². The van der Waals surface area contributed by atoms with Crippen LogP contribution in [0.4, 0.5) is 5.69 Å². The van der Waals surface area contributed by atoms with Gasteiger partial charge in [0.25, 0.3) is 0 Å². The van der Waals surface area contributed by atoms with Crippen LogP contribution in [-0.2, 0) is 16.1 Å². The Hall–Kier alpha value is -1.57. The zero-order chi connectivity index (χ0) is 16.4. The Morgan fingerprint density at radius 3 is 3.04 bits per heavy atom. The number of hydrogen-bond acceptors (Lipinski definition) is 5. The third-order valence-corrected chi connectivity index (χ3v) is 5.60. The van der Waals surface area contributed by atoms with Gasteiger partial charge >= 0.3 is 0 Å². The van der Waals surface area contributed by atoms with Crippen molar-refractivity contribution in [2.75, 3.05) is 5.32 Å². The lowest BCUT2D eigenvalue weighted by Crippen LogP contribution is -2.34. The standard InChI is InChI=1S/C15H14ClN3O2S2/c1-8-18-10(7-22-8)6-17-14(20)5-13-15(21)19-11-4-9(16)2-3-12(11)23-13/h2-4,7,13H,5-6H2,1H3,(H,17,20)(H,19,21). The number of benzene rings is 1. The molecule has 1 aromatic carbocycles. The lowest BCUT2D eigenvalue weighted by Gasteiger charge is -2.23. The maximum atomic E-state index is 12.1. The molecule has 1 aliphatic rings. The monoisotopic (exact) mass is 367 g/mol. The number of nitrogens with one attached hydrogen (secondary N) is 2. The number of thiazole rings is 1. The Bertz CT molecular complexity index is 763. The van der Waals surface area contributed by atoms with E-state index in [0.29, 0.717) is 17.3 Å². The van der Waals surface area contributed by atoms with E-state index in [4.69, 9.17) is 11.6 Å². The number of aryl methyl sites for hydroxylation is 1. The van der Waals surface area contributed by atoms with Gasteiger partial charge in [-0.15, -0.1) is 23.1 Å². The molecule has 0 saturated carbocycles. The molecule has 1 aromatic heterocycles. The van der Waals surface area contributed by atoms with Crippen LogP contribution in [-0.4, -0.2) is 22.0 Å². The summed E-state index contributed by atoms with van der Waals surface area (Å²) in [7, 11) is 0. The Kier molecular flexibility index (Phi) is 4.89. The highest BCUT2D eigenvalue weighted by Gasteiger charge is 2.29. The van der Waals surface area contributed by atoms with Gasteiger partial charge in [-0.25, -0.2) is 4.98 Å². The Balaban J connectivity index is 1.58. The molecule has 2 aromatic rings. The number of rotatable bonds is 4. The number of hydrogen-bond donors (Lipinski definition) is 2. The molecule has 2 heterocycles. The second-order valence-corrected chi connectivity index (χ2v) is 7.82. The molecule has 0 aliphatic carbocycles. The van der Waals surface area contributed by atoms with Crippen LogP contribution in [0, 0.1) is 6.92 Å². The van der Waals surface area contributed by atoms with E-state index in [2.05, 4.69) is 15.6 Å². The summed E-state index contributed by atoms with van der Waals surface area (Å²) in [6.07, 6.45) is 0.127. The third kappa shape index (κ3) is 4.04. The molecular formula is C15H14ClN3O2S2. The third-order valence-electron chi connectivity index (χ3n) is 3.27. The summed E-state index contributed by atoms with van der Waals surface area (Å²) in [6, 6.07) is 5.33. The summed E-state index contributed by atoms with van der Waals surface area (Å²) in [5, 5.41) is 8.61. The Morgan fingerprint density at radius 1 is 1.48 bits per heavy atom. The van der Waals surface area contributed by atoms with Gasteiger partial charge in [-0.2, -0.15) is 0 Å². The largest absolute Gasteiger partial charge is 0.350 e. The predicted molar refractivity (Wildman–Crippen MR) is 93.0 cm³/mol. The van der Waals surface area contributed by atoms with Crippen LogP contribution < -0.4 is 10.6 Å². The van der Waals surface area contributed by atoms with E-state index in [9.17, 15) is 9.59 Å². The van der Waals surface area contributed by atoms with Crippen molar-refractivity contribution in [3.05, 3.63) is 39.3 Å². The van der Waals surface area contributed by atoms with Gasteiger partial charge in [0.1, 0.15) is 0 Å². The summed E-state index contributed by atoms with van der Waals surface area (Å²) in [5.74, 6) is -0.342. The van der Waals surface area contributed by atoms with Crippen molar-refractivity contribution in [2.24, 2.45) is 0 Å². The molecule has 0 spiro atoms. The molecule has 23 heavy (non-hydrogen) atoms. The fourth-order valence-corrected chi connectivity index (χ4v) is 4.05. The number of aromatic nitrogens is 1. The van der Waals surface area contributed by atoms with Crippen molar-refractivity contribution in [3.8, 4) is 0 Å². The molecule has 5 nitrogen and oxygen atoms in total. The lowest BCUT2D eigenvalue weighted by atomic mass is 10.2. The molecule has 0 bridgehead atoms. The van der Waals surface area contributed by atoms with E-state index >= 15 is 0 Å². The van der Waals surface area contributed by atoms with E-state index in [-0.39, 0.29) is 18.2 Å². The molecule has 1 aliphatic heterocycles. The summed E-state index contributed by atoms with van der Waals surface area (Å²) >= 11 is 8.84. The van der Waals surface area contributed by atoms with E-state index < -0.39 is 5.25 Å². The zero-order valence-corrected chi connectivity index (χ0v) is 14.6. The first-order valence-corrected chi connectivity index (χ1v) is 9.10. The summed E-state index contributed by atoms with van der Waals surface area (Å²) in [4.78, 5) is 29.4. The molecule has 120 valence electrons. The first kappa shape index (κ1) is 16.3. The Labute approximate surface area is 146 Å². The number of nitrogens with zero attached hydrogens (tertiary/aromatic N) is 1. The first-order chi connectivity index (χ1) is 11.0. The second-order valence-electron chi connectivity index (χ2n) is 5.07. The van der Waals surface area contributed by atoms with Crippen molar-refractivity contribution < 1.29 is 9.59 Å². The minimum atomic E-state index is -0.444. The maximum Gasteiger partial charge on any atom is 0.238 e. The smallest absolute Gasteiger partial charge is 0.238 e. The van der Waals surface area contributed by atoms with E-state index in [1.165, 1.54) is 11.8 Å². The van der Waals surface area contributed by atoms with Crippen molar-refractivity contribution in [2.45, 2.75) is 30.0 Å². The zero-order valence-electron chi connectivity index (χ0n) is 12.3. The van der Waals surface area contributed by atoms with Gasteiger partial charge in [0, 0.05) is 21.7 Å². The topological polar surface area (TPSA) is 71.1 Å². The van der Waals surface area contributed by atoms with Gasteiger partial charge < -0.3 is 10.6 Å². The van der Waals surface area contributed by atoms with Crippen LogP contribution in [0.15, 0.2) is 28.5 Å². The SMILES string of the molecule is Cc1nc(CNC(=O)CC2Sc3ccc(Cl)cc3NC2=O)cs1. The molecule has 0 fully saturated rings. The van der Waals surface area contributed by atoms with E-state index in [1.807, 2.05) is 18.4 Å². The van der Waals surface area contributed by atoms with Crippen molar-refractivity contribution in [3.63, 3.8) is 0 Å². The van der Waals surface area contributed by atoms with Crippen molar-refractivity contribution in [1.82, 2.24) is 10.3 Å². The number of amides is 2. The van der Waals surface area contributed by atoms with Crippen molar-refractivity contribution in [1.29, 1.82) is 0 Å². The number of halogens is 1. The molecule has 1 atom stereocenters. The molecule has 2 N–H and O–H groups in total. The molecular weight excluding hydrogens is 354 g/mol. The average Bonchev–Trinajstić information content (AvgIpc) is 2.92.